The first-order valence-electron chi connectivity index (χ1n) is 5.78. The Labute approximate surface area is 128 Å². The van der Waals surface area contributed by atoms with Crippen molar-refractivity contribution < 1.29 is 23.8 Å². The number of carboxylic acid groups (broad SMARTS) is 1. The van der Waals surface area contributed by atoms with Gasteiger partial charge in [-0.05, 0) is 22.0 Å². The molecule has 2 rings (SSSR count). The van der Waals surface area contributed by atoms with Crippen LogP contribution in [-0.4, -0.2) is 35.1 Å². The van der Waals surface area contributed by atoms with Gasteiger partial charge in [-0.25, -0.2) is 9.18 Å². The molecule has 0 spiro atoms. The van der Waals surface area contributed by atoms with E-state index in [1.165, 1.54) is 38.1 Å². The lowest BCUT2D eigenvalue weighted by molar-refractivity contribution is 0.0689. The number of rotatable bonds is 4. The maximum Gasteiger partial charge on any atom is 0.356 e. The second-order valence-electron chi connectivity index (χ2n) is 4.13. The molecule has 0 aliphatic heterocycles. The van der Waals surface area contributed by atoms with E-state index < -0.39 is 11.8 Å². The molecule has 8 heteroatoms. The molecule has 0 aliphatic carbocycles. The molecule has 112 valence electrons. The summed E-state index contributed by atoms with van der Waals surface area (Å²) in [5.41, 5.74) is 0.279. The Morgan fingerprint density at radius 3 is 2.52 bits per heavy atom. The number of ether oxygens (including phenoxy) is 2. The second kappa shape index (κ2) is 5.72. The minimum atomic E-state index is -1.19. The van der Waals surface area contributed by atoms with E-state index in [-0.39, 0.29) is 17.0 Å². The lowest BCUT2D eigenvalue weighted by atomic mass is 10.1. The molecule has 0 atom stereocenters. The molecule has 6 nitrogen and oxygen atoms in total. The van der Waals surface area contributed by atoms with Gasteiger partial charge in [0, 0.05) is 13.1 Å². The standard InChI is InChI=1S/C13H12BrFN2O4/c1-17-8(5-7(16-17)13(18)19)10-6(15)4-9(20-2)12(21-3)11(10)14/h4-5H,1-3H3,(H,18,19). The van der Waals surface area contributed by atoms with Gasteiger partial charge in [-0.1, -0.05) is 0 Å². The van der Waals surface area contributed by atoms with Crippen molar-refractivity contribution in [3.05, 3.63) is 28.1 Å². The monoisotopic (exact) mass is 358 g/mol. The van der Waals surface area contributed by atoms with Crippen LogP contribution in [0.5, 0.6) is 11.5 Å². The van der Waals surface area contributed by atoms with Crippen LogP contribution in [0.2, 0.25) is 0 Å². The largest absolute Gasteiger partial charge is 0.493 e. The average molecular weight is 359 g/mol. The highest BCUT2D eigenvalue weighted by Gasteiger charge is 2.23. The van der Waals surface area contributed by atoms with Gasteiger partial charge in [0.05, 0.1) is 29.9 Å². The molecule has 1 aromatic carbocycles. The minimum absolute atomic E-state index is 0.148. The van der Waals surface area contributed by atoms with Gasteiger partial charge in [-0.3, -0.25) is 4.68 Å². The SMILES string of the molecule is COc1cc(F)c(-c2cc(C(=O)O)nn2C)c(Br)c1OC. The molecule has 0 radical (unpaired) electrons. The maximum atomic E-state index is 14.3. The van der Waals surface area contributed by atoms with E-state index in [1.807, 2.05) is 0 Å². The van der Waals surface area contributed by atoms with E-state index in [4.69, 9.17) is 14.6 Å². The van der Waals surface area contributed by atoms with Crippen LogP contribution in [-0.2, 0) is 7.05 Å². The molecule has 2 aromatic rings. The van der Waals surface area contributed by atoms with Crippen molar-refractivity contribution in [1.82, 2.24) is 9.78 Å². The van der Waals surface area contributed by atoms with E-state index in [0.717, 1.165) is 0 Å². The van der Waals surface area contributed by atoms with Crippen LogP contribution in [0, 0.1) is 5.82 Å². The number of hydrogen-bond acceptors (Lipinski definition) is 4. The van der Waals surface area contributed by atoms with Crippen molar-refractivity contribution >= 4 is 21.9 Å². The third-order valence-corrected chi connectivity index (χ3v) is 3.68. The summed E-state index contributed by atoms with van der Waals surface area (Å²) in [6.07, 6.45) is 0. The highest BCUT2D eigenvalue weighted by Crippen LogP contribution is 2.43. The van der Waals surface area contributed by atoms with Crippen LogP contribution in [0.3, 0.4) is 0 Å². The summed E-state index contributed by atoms with van der Waals surface area (Å²) in [6, 6.07) is 2.46. The average Bonchev–Trinajstić information content (AvgIpc) is 2.80. The Balaban J connectivity index is 2.72. The van der Waals surface area contributed by atoms with E-state index in [2.05, 4.69) is 21.0 Å². The van der Waals surface area contributed by atoms with E-state index in [0.29, 0.717) is 15.9 Å². The number of hydrogen-bond donors (Lipinski definition) is 1. The third kappa shape index (κ3) is 2.58. The predicted octanol–water partition coefficient (Wildman–Crippen LogP) is 2.70. The number of aryl methyl sites for hydroxylation is 1. The third-order valence-electron chi connectivity index (χ3n) is 2.92. The predicted molar refractivity (Wildman–Crippen MR) is 76.4 cm³/mol. The van der Waals surface area contributed by atoms with Crippen molar-refractivity contribution in [3.63, 3.8) is 0 Å². The van der Waals surface area contributed by atoms with E-state index in [9.17, 15) is 9.18 Å². The van der Waals surface area contributed by atoms with Crippen LogP contribution in [0.1, 0.15) is 10.5 Å². The van der Waals surface area contributed by atoms with Gasteiger partial charge in [0.15, 0.2) is 17.2 Å². The smallest absolute Gasteiger partial charge is 0.356 e. The fourth-order valence-electron chi connectivity index (χ4n) is 1.96. The van der Waals surface area contributed by atoms with Crippen molar-refractivity contribution in [2.75, 3.05) is 14.2 Å². The highest BCUT2D eigenvalue weighted by atomic mass is 79.9. The molecule has 0 fully saturated rings. The van der Waals surface area contributed by atoms with Crippen molar-refractivity contribution in [1.29, 1.82) is 0 Å². The van der Waals surface area contributed by atoms with Gasteiger partial charge in [-0.15, -0.1) is 0 Å². The number of benzene rings is 1. The Morgan fingerprint density at radius 1 is 1.38 bits per heavy atom. The van der Waals surface area contributed by atoms with E-state index >= 15 is 0 Å². The summed E-state index contributed by atoms with van der Waals surface area (Å²) in [7, 11) is 4.36. The Hall–Kier alpha value is -2.09. The van der Waals surface area contributed by atoms with Gasteiger partial charge >= 0.3 is 5.97 Å². The zero-order valence-corrected chi connectivity index (χ0v) is 13.1. The number of carboxylic acids is 1. The molecule has 0 unspecified atom stereocenters. The number of halogens is 2. The Bertz CT molecular complexity index is 715. The minimum Gasteiger partial charge on any atom is -0.493 e. The lowest BCUT2D eigenvalue weighted by Crippen LogP contribution is -2.01. The first-order valence-corrected chi connectivity index (χ1v) is 6.57. The molecule has 1 aromatic heterocycles. The molecule has 0 amide bonds. The van der Waals surface area contributed by atoms with Gasteiger partial charge in [-0.2, -0.15) is 5.10 Å². The molecule has 1 N–H and O–H groups in total. The Morgan fingerprint density at radius 2 is 2.05 bits per heavy atom. The van der Waals surface area contributed by atoms with Gasteiger partial charge in [0.25, 0.3) is 0 Å². The summed E-state index contributed by atoms with van der Waals surface area (Å²) in [5.74, 6) is -1.23. The quantitative estimate of drug-likeness (QED) is 0.909. The number of aromatic carboxylic acids is 1. The molecular formula is C13H12BrFN2O4. The van der Waals surface area contributed by atoms with Crippen LogP contribution < -0.4 is 9.47 Å². The summed E-state index contributed by atoms with van der Waals surface area (Å²) < 4.78 is 26.2. The number of carbonyl (C=O) groups is 1. The summed E-state index contributed by atoms with van der Waals surface area (Å²) in [6.45, 7) is 0. The van der Waals surface area contributed by atoms with E-state index in [1.54, 1.807) is 0 Å². The van der Waals surface area contributed by atoms with Crippen LogP contribution in [0.15, 0.2) is 16.6 Å². The molecule has 0 aliphatic rings. The van der Waals surface area contributed by atoms with Crippen molar-refractivity contribution in [2.45, 2.75) is 0 Å². The molecule has 21 heavy (non-hydrogen) atoms. The van der Waals surface area contributed by atoms with Gasteiger partial charge < -0.3 is 14.6 Å². The second-order valence-corrected chi connectivity index (χ2v) is 4.92. The van der Waals surface area contributed by atoms with Gasteiger partial charge in [0.1, 0.15) is 5.82 Å². The van der Waals surface area contributed by atoms with Crippen molar-refractivity contribution in [3.8, 4) is 22.8 Å². The fourth-order valence-corrected chi connectivity index (χ4v) is 2.71. The normalized spacial score (nSPS) is 10.5. The topological polar surface area (TPSA) is 73.6 Å². The highest BCUT2D eigenvalue weighted by molar-refractivity contribution is 9.10. The number of nitrogens with zero attached hydrogens (tertiary/aromatic N) is 2. The summed E-state index contributed by atoms with van der Waals surface area (Å²) >= 11 is 3.27. The lowest BCUT2D eigenvalue weighted by Gasteiger charge is -2.14. The van der Waals surface area contributed by atoms with Crippen LogP contribution >= 0.6 is 15.9 Å². The van der Waals surface area contributed by atoms with Crippen LogP contribution in [0.4, 0.5) is 4.39 Å². The molecule has 0 bridgehead atoms. The number of aromatic nitrogens is 2. The molecule has 1 heterocycles. The maximum absolute atomic E-state index is 14.3. The first kappa shape index (κ1) is 15.3. The zero-order valence-electron chi connectivity index (χ0n) is 11.5. The molecular weight excluding hydrogens is 347 g/mol. The van der Waals surface area contributed by atoms with Crippen molar-refractivity contribution in [2.24, 2.45) is 7.05 Å². The number of methoxy groups -OCH3 is 2. The summed E-state index contributed by atoms with van der Waals surface area (Å²) in [4.78, 5) is 11.0. The summed E-state index contributed by atoms with van der Waals surface area (Å²) in [5, 5.41) is 12.8. The molecule has 0 saturated heterocycles. The zero-order chi connectivity index (χ0) is 15.7. The first-order chi connectivity index (χ1) is 9.90. The van der Waals surface area contributed by atoms with Gasteiger partial charge in [0.2, 0.25) is 0 Å². The fraction of sp³-hybridized carbons (Fsp3) is 0.231. The molecule has 0 saturated carbocycles. The Kier molecular flexibility index (Phi) is 4.17. The van der Waals surface area contributed by atoms with Crippen LogP contribution in [0.25, 0.3) is 11.3 Å².